The smallest absolute Gasteiger partial charge is 0.368 e. The van der Waals surface area contributed by atoms with Crippen LogP contribution in [0.25, 0.3) is 0 Å². The maximum atomic E-state index is 12.9. The van der Waals surface area contributed by atoms with E-state index in [1.807, 2.05) is 10.3 Å². The van der Waals surface area contributed by atoms with Gasteiger partial charge >= 0.3 is 6.18 Å². The van der Waals surface area contributed by atoms with Crippen LogP contribution in [-0.4, -0.2) is 49.1 Å². The van der Waals surface area contributed by atoms with Crippen molar-refractivity contribution in [3.05, 3.63) is 46.4 Å². The molecule has 0 aliphatic carbocycles. The van der Waals surface area contributed by atoms with Crippen molar-refractivity contribution in [2.75, 3.05) is 38.1 Å². The number of hydrogen-bond donors (Lipinski definition) is 1. The van der Waals surface area contributed by atoms with Crippen molar-refractivity contribution in [3.63, 3.8) is 0 Å². The predicted octanol–water partition coefficient (Wildman–Crippen LogP) is 3.06. The third-order valence-electron chi connectivity index (χ3n) is 4.21. The minimum absolute atomic E-state index is 0.602. The van der Waals surface area contributed by atoms with Gasteiger partial charge < -0.3 is 15.1 Å². The fourth-order valence-electron chi connectivity index (χ4n) is 2.88. The highest BCUT2D eigenvalue weighted by Crippen LogP contribution is 2.31. The van der Waals surface area contributed by atoms with Crippen LogP contribution in [0, 0.1) is 0 Å². The van der Waals surface area contributed by atoms with Crippen molar-refractivity contribution < 1.29 is 13.2 Å². The zero-order chi connectivity index (χ0) is 18.6. The quantitative estimate of drug-likeness (QED) is 0.654. The molecule has 0 saturated carbocycles. The summed E-state index contributed by atoms with van der Waals surface area (Å²) in [7, 11) is 1.73. The molecule has 1 aromatic carbocycles. The normalized spacial score (nSPS) is 16.1. The van der Waals surface area contributed by atoms with Gasteiger partial charge in [0.05, 0.1) is 12.1 Å². The number of benzene rings is 1. The summed E-state index contributed by atoms with van der Waals surface area (Å²) < 4.78 is 38.7. The maximum Gasteiger partial charge on any atom is 0.416 e. The molecule has 1 saturated heterocycles. The first-order chi connectivity index (χ1) is 12.5. The van der Waals surface area contributed by atoms with E-state index in [0.29, 0.717) is 38.4 Å². The Bertz CT molecular complexity index is 737. The molecule has 0 atom stereocenters. The zero-order valence-electron chi connectivity index (χ0n) is 14.3. The third kappa shape index (κ3) is 4.46. The fourth-order valence-corrected chi connectivity index (χ4v) is 3.44. The summed E-state index contributed by atoms with van der Waals surface area (Å²) >= 11 is 1.58. The highest BCUT2D eigenvalue weighted by atomic mass is 32.1. The highest BCUT2D eigenvalue weighted by Gasteiger charge is 2.31. The van der Waals surface area contributed by atoms with Gasteiger partial charge in [0.25, 0.3) is 0 Å². The lowest BCUT2D eigenvalue weighted by molar-refractivity contribution is -0.137. The summed E-state index contributed by atoms with van der Waals surface area (Å²) in [5.74, 6) is 0.781. The molecule has 5 nitrogen and oxygen atoms in total. The summed E-state index contributed by atoms with van der Waals surface area (Å²) in [6, 6.07) is 5.49. The molecule has 0 amide bonds. The van der Waals surface area contributed by atoms with E-state index in [1.54, 1.807) is 30.6 Å². The average molecular weight is 383 g/mol. The van der Waals surface area contributed by atoms with Gasteiger partial charge in [-0.2, -0.15) is 13.2 Å². The van der Waals surface area contributed by atoms with Gasteiger partial charge in [0.15, 0.2) is 5.96 Å². The van der Waals surface area contributed by atoms with Crippen molar-refractivity contribution in [1.29, 1.82) is 0 Å². The molecule has 1 fully saturated rings. The second kappa shape index (κ2) is 7.94. The van der Waals surface area contributed by atoms with Crippen LogP contribution < -0.4 is 10.2 Å². The summed E-state index contributed by atoms with van der Waals surface area (Å²) in [6.45, 7) is 3.26. The fraction of sp³-hybridized carbons (Fsp3) is 0.412. The Balaban J connectivity index is 1.58. The molecule has 0 unspecified atom stereocenters. The monoisotopic (exact) mass is 383 g/mol. The molecular formula is C17H20F3N5S. The number of aliphatic imine (C=N–C) groups is 1. The molecule has 2 heterocycles. The molecule has 3 rings (SSSR count). The van der Waals surface area contributed by atoms with Crippen molar-refractivity contribution in [2.45, 2.75) is 12.7 Å². The van der Waals surface area contributed by atoms with Gasteiger partial charge in [-0.15, -0.1) is 11.3 Å². The first kappa shape index (κ1) is 18.5. The summed E-state index contributed by atoms with van der Waals surface area (Å²) in [5.41, 5.74) is -0.0106. The van der Waals surface area contributed by atoms with Gasteiger partial charge in [0.1, 0.15) is 5.01 Å². The molecule has 0 bridgehead atoms. The second-order valence-corrected chi connectivity index (χ2v) is 6.83. The van der Waals surface area contributed by atoms with Crippen LogP contribution in [0.3, 0.4) is 0 Å². The minimum Gasteiger partial charge on any atom is -0.368 e. The van der Waals surface area contributed by atoms with E-state index in [9.17, 15) is 13.2 Å². The Morgan fingerprint density at radius 2 is 2.04 bits per heavy atom. The number of alkyl halides is 3. The van der Waals surface area contributed by atoms with Crippen molar-refractivity contribution >= 4 is 23.0 Å². The molecule has 0 spiro atoms. The van der Waals surface area contributed by atoms with Crippen molar-refractivity contribution in [1.82, 2.24) is 15.2 Å². The van der Waals surface area contributed by atoms with E-state index in [-0.39, 0.29) is 0 Å². The van der Waals surface area contributed by atoms with Crippen molar-refractivity contribution in [2.24, 2.45) is 4.99 Å². The van der Waals surface area contributed by atoms with Gasteiger partial charge in [0.2, 0.25) is 0 Å². The lowest BCUT2D eigenvalue weighted by Crippen LogP contribution is -2.52. The average Bonchev–Trinajstić information content (AvgIpc) is 3.16. The Morgan fingerprint density at radius 3 is 2.65 bits per heavy atom. The summed E-state index contributed by atoms with van der Waals surface area (Å²) in [5, 5.41) is 6.19. The first-order valence-electron chi connectivity index (χ1n) is 8.23. The Labute approximate surface area is 154 Å². The van der Waals surface area contributed by atoms with Gasteiger partial charge in [0, 0.05) is 50.5 Å². The molecule has 0 radical (unpaired) electrons. The SMILES string of the molecule is CN=C(NCc1nccs1)N1CCN(c2cccc(C(F)(F)F)c2)CC1. The Hall–Kier alpha value is -2.29. The van der Waals surface area contributed by atoms with E-state index in [4.69, 9.17) is 0 Å². The van der Waals surface area contributed by atoms with Crippen molar-refractivity contribution in [3.8, 4) is 0 Å². The van der Waals surface area contributed by atoms with Crippen LogP contribution in [0.1, 0.15) is 10.6 Å². The lowest BCUT2D eigenvalue weighted by Gasteiger charge is -2.37. The molecule has 140 valence electrons. The van der Waals surface area contributed by atoms with Gasteiger partial charge in [-0.3, -0.25) is 4.99 Å². The number of piperazine rings is 1. The van der Waals surface area contributed by atoms with E-state index >= 15 is 0 Å². The summed E-state index contributed by atoms with van der Waals surface area (Å²) in [4.78, 5) is 12.6. The molecule has 1 N–H and O–H groups in total. The minimum atomic E-state index is -4.32. The maximum absolute atomic E-state index is 12.9. The van der Waals surface area contributed by atoms with Crippen LogP contribution in [-0.2, 0) is 12.7 Å². The number of nitrogens with zero attached hydrogens (tertiary/aromatic N) is 4. The third-order valence-corrected chi connectivity index (χ3v) is 4.99. The predicted molar refractivity (Wildman–Crippen MR) is 97.5 cm³/mol. The molecule has 1 aliphatic rings. The van der Waals surface area contributed by atoms with E-state index in [1.165, 1.54) is 12.1 Å². The number of rotatable bonds is 3. The zero-order valence-corrected chi connectivity index (χ0v) is 15.1. The molecule has 1 aromatic heterocycles. The Morgan fingerprint density at radius 1 is 1.27 bits per heavy atom. The molecule has 1 aliphatic heterocycles. The topological polar surface area (TPSA) is 43.8 Å². The highest BCUT2D eigenvalue weighted by molar-refractivity contribution is 7.09. The Kier molecular flexibility index (Phi) is 5.65. The molecule has 2 aromatic rings. The number of aromatic nitrogens is 1. The van der Waals surface area contributed by atoms with Gasteiger partial charge in [-0.05, 0) is 18.2 Å². The summed E-state index contributed by atoms with van der Waals surface area (Å²) in [6.07, 6.45) is -2.56. The van der Waals surface area contributed by atoms with Crippen LogP contribution in [0.5, 0.6) is 0 Å². The molecular weight excluding hydrogens is 363 g/mol. The molecule has 26 heavy (non-hydrogen) atoms. The van der Waals surface area contributed by atoms with Crippen LogP contribution in [0.4, 0.5) is 18.9 Å². The van der Waals surface area contributed by atoms with Gasteiger partial charge in [-0.1, -0.05) is 6.07 Å². The standard InChI is InChI=1S/C17H20F3N5S/c1-21-16(23-12-15-22-5-10-26-15)25-8-6-24(7-9-25)14-4-2-3-13(11-14)17(18,19)20/h2-5,10-11H,6-9,12H2,1H3,(H,21,23). The second-order valence-electron chi connectivity index (χ2n) is 5.85. The number of guanidine groups is 1. The van der Waals surface area contributed by atoms with Crippen LogP contribution >= 0.6 is 11.3 Å². The first-order valence-corrected chi connectivity index (χ1v) is 9.11. The largest absolute Gasteiger partial charge is 0.416 e. The lowest BCUT2D eigenvalue weighted by atomic mass is 10.1. The number of hydrogen-bond acceptors (Lipinski definition) is 4. The van der Waals surface area contributed by atoms with E-state index in [0.717, 1.165) is 17.0 Å². The van der Waals surface area contributed by atoms with E-state index < -0.39 is 11.7 Å². The number of nitrogens with one attached hydrogen (secondary N) is 1. The number of halogens is 3. The van der Waals surface area contributed by atoms with E-state index in [2.05, 4.69) is 20.2 Å². The molecule has 9 heteroatoms. The van der Waals surface area contributed by atoms with Crippen LogP contribution in [0.2, 0.25) is 0 Å². The van der Waals surface area contributed by atoms with Gasteiger partial charge in [-0.25, -0.2) is 4.98 Å². The number of anilines is 1. The number of thiazole rings is 1. The van der Waals surface area contributed by atoms with Crippen LogP contribution in [0.15, 0.2) is 40.8 Å².